The van der Waals surface area contributed by atoms with Crippen molar-refractivity contribution in [1.29, 1.82) is 0 Å². The highest BCUT2D eigenvalue weighted by molar-refractivity contribution is 5.64. The summed E-state index contributed by atoms with van der Waals surface area (Å²) in [5, 5.41) is 4.29. The van der Waals surface area contributed by atoms with Crippen molar-refractivity contribution in [2.75, 3.05) is 0 Å². The first kappa shape index (κ1) is 18.6. The van der Waals surface area contributed by atoms with Crippen LogP contribution in [0, 0.1) is 11.7 Å². The summed E-state index contributed by atoms with van der Waals surface area (Å²) in [6.45, 7) is 2.08. The molecule has 1 fully saturated rings. The highest BCUT2D eigenvalue weighted by Gasteiger charge is 2.26. The second-order valence-electron chi connectivity index (χ2n) is 7.36. The highest BCUT2D eigenvalue weighted by Crippen LogP contribution is 2.32. The third-order valence-electron chi connectivity index (χ3n) is 5.43. The van der Waals surface area contributed by atoms with Crippen molar-refractivity contribution in [3.05, 3.63) is 55.0 Å². The van der Waals surface area contributed by atoms with E-state index in [0.717, 1.165) is 31.2 Å². The minimum Gasteiger partial charge on any atom is -0.487 e. The monoisotopic (exact) mass is 381 g/mol. The molecule has 0 aliphatic heterocycles. The molecule has 0 unspecified atom stereocenters. The van der Waals surface area contributed by atoms with Gasteiger partial charge in [0.2, 0.25) is 0 Å². The maximum Gasteiger partial charge on any atom is 0.164 e. The van der Waals surface area contributed by atoms with E-state index >= 15 is 0 Å². The van der Waals surface area contributed by atoms with Crippen LogP contribution in [0.25, 0.3) is 16.9 Å². The number of aromatic nitrogens is 4. The molecule has 3 aromatic rings. The lowest BCUT2D eigenvalue weighted by Crippen LogP contribution is -2.33. The first-order chi connectivity index (χ1) is 13.6. The molecule has 2 N–H and O–H groups in total. The molecule has 0 saturated heterocycles. The number of halogens is 1. The van der Waals surface area contributed by atoms with Gasteiger partial charge in [-0.25, -0.2) is 19.0 Å². The molecule has 28 heavy (non-hydrogen) atoms. The van der Waals surface area contributed by atoms with Gasteiger partial charge in [0.15, 0.2) is 5.75 Å². The van der Waals surface area contributed by atoms with Crippen molar-refractivity contribution in [2.45, 2.75) is 44.8 Å². The minimum absolute atomic E-state index is 0.0406. The Morgan fingerprint density at radius 2 is 1.96 bits per heavy atom. The Bertz CT molecular complexity index is 936. The quantitative estimate of drug-likeness (QED) is 0.728. The van der Waals surface area contributed by atoms with Crippen molar-refractivity contribution in [3.8, 4) is 22.7 Å². The molecular weight excluding hydrogens is 357 g/mol. The van der Waals surface area contributed by atoms with Crippen LogP contribution in [0.15, 0.2) is 49.2 Å². The molecule has 1 atom stereocenters. The molecule has 6 nitrogen and oxygen atoms in total. The summed E-state index contributed by atoms with van der Waals surface area (Å²) in [5.74, 6) is 0.743. The van der Waals surface area contributed by atoms with Gasteiger partial charge in [0.1, 0.15) is 23.5 Å². The molecule has 7 heteroatoms. The lowest BCUT2D eigenvalue weighted by Gasteiger charge is -2.31. The van der Waals surface area contributed by atoms with Gasteiger partial charge in [-0.05, 0) is 50.7 Å². The Balaban J connectivity index is 1.56. The standard InChI is InChI=1S/C21H24FN5O/c1-14(15-6-8-17(23)9-7-15)28-20-11-24-13-25-21(20)16-10-26-27(12-16)19-5-3-2-4-18(19)22/h2-5,10-15,17H,6-9,23H2,1H3/t14-,15?,17?/m1/s1. The minimum atomic E-state index is -0.333. The van der Waals surface area contributed by atoms with Crippen LogP contribution < -0.4 is 10.5 Å². The zero-order chi connectivity index (χ0) is 19.5. The second-order valence-corrected chi connectivity index (χ2v) is 7.36. The lowest BCUT2D eigenvalue weighted by atomic mass is 9.83. The molecule has 1 aliphatic rings. The van der Waals surface area contributed by atoms with Crippen molar-refractivity contribution in [2.24, 2.45) is 11.7 Å². The van der Waals surface area contributed by atoms with E-state index in [4.69, 9.17) is 10.5 Å². The van der Waals surface area contributed by atoms with Gasteiger partial charge in [-0.15, -0.1) is 0 Å². The highest BCUT2D eigenvalue weighted by atomic mass is 19.1. The Labute approximate surface area is 163 Å². The van der Waals surface area contributed by atoms with Gasteiger partial charge < -0.3 is 10.5 Å². The number of hydrogen-bond donors (Lipinski definition) is 1. The third-order valence-corrected chi connectivity index (χ3v) is 5.43. The van der Waals surface area contributed by atoms with Crippen LogP contribution in [0.4, 0.5) is 4.39 Å². The normalized spacial score (nSPS) is 20.7. The van der Waals surface area contributed by atoms with Crippen LogP contribution in [0.5, 0.6) is 5.75 Å². The van der Waals surface area contributed by atoms with Gasteiger partial charge in [0, 0.05) is 17.8 Å². The van der Waals surface area contributed by atoms with Crippen molar-refractivity contribution in [3.63, 3.8) is 0 Å². The summed E-state index contributed by atoms with van der Waals surface area (Å²) in [4.78, 5) is 8.50. The van der Waals surface area contributed by atoms with Crippen LogP contribution in [-0.4, -0.2) is 31.9 Å². The Morgan fingerprint density at radius 3 is 2.75 bits per heavy atom. The van der Waals surface area contributed by atoms with E-state index in [0.29, 0.717) is 29.1 Å². The average Bonchev–Trinajstić information content (AvgIpc) is 3.19. The fraction of sp³-hybridized carbons (Fsp3) is 0.381. The first-order valence-corrected chi connectivity index (χ1v) is 9.64. The summed E-state index contributed by atoms with van der Waals surface area (Å²) in [6.07, 6.45) is 10.8. The predicted octanol–water partition coefficient (Wildman–Crippen LogP) is 3.75. The Morgan fingerprint density at radius 1 is 1.18 bits per heavy atom. The molecule has 1 aromatic carbocycles. The number of ether oxygens (including phenoxy) is 1. The van der Waals surface area contributed by atoms with E-state index < -0.39 is 0 Å². The van der Waals surface area contributed by atoms with Gasteiger partial charge in [0.25, 0.3) is 0 Å². The molecule has 1 saturated carbocycles. The molecule has 0 bridgehead atoms. The lowest BCUT2D eigenvalue weighted by molar-refractivity contribution is 0.119. The van der Waals surface area contributed by atoms with E-state index in [1.165, 1.54) is 17.1 Å². The van der Waals surface area contributed by atoms with E-state index in [-0.39, 0.29) is 11.9 Å². The van der Waals surface area contributed by atoms with Crippen molar-refractivity contribution < 1.29 is 9.13 Å². The molecule has 2 aromatic heterocycles. The number of hydrogen-bond acceptors (Lipinski definition) is 5. The van der Waals surface area contributed by atoms with E-state index in [9.17, 15) is 4.39 Å². The van der Waals surface area contributed by atoms with Crippen molar-refractivity contribution >= 4 is 0 Å². The molecule has 4 rings (SSSR count). The molecular formula is C21H24FN5O. The molecule has 2 heterocycles. The largest absolute Gasteiger partial charge is 0.487 e. The van der Waals surface area contributed by atoms with Gasteiger partial charge in [-0.3, -0.25) is 0 Å². The van der Waals surface area contributed by atoms with Crippen LogP contribution in [0.1, 0.15) is 32.6 Å². The Kier molecular flexibility index (Phi) is 5.34. The van der Waals surface area contributed by atoms with E-state index in [1.807, 2.05) is 0 Å². The number of rotatable bonds is 5. The smallest absolute Gasteiger partial charge is 0.164 e. The van der Waals surface area contributed by atoms with Gasteiger partial charge in [-0.2, -0.15) is 5.10 Å². The number of para-hydroxylation sites is 1. The van der Waals surface area contributed by atoms with Crippen LogP contribution >= 0.6 is 0 Å². The molecule has 146 valence electrons. The molecule has 1 aliphatic carbocycles. The zero-order valence-corrected chi connectivity index (χ0v) is 15.8. The molecule has 0 amide bonds. The maximum absolute atomic E-state index is 14.1. The average molecular weight is 381 g/mol. The fourth-order valence-electron chi connectivity index (χ4n) is 3.75. The fourth-order valence-corrected chi connectivity index (χ4v) is 3.75. The number of benzene rings is 1. The summed E-state index contributed by atoms with van der Waals surface area (Å²) in [5.41, 5.74) is 7.80. The van der Waals surface area contributed by atoms with Gasteiger partial charge in [-0.1, -0.05) is 12.1 Å². The second kappa shape index (κ2) is 8.06. The topological polar surface area (TPSA) is 78.9 Å². The Hall–Kier alpha value is -2.80. The first-order valence-electron chi connectivity index (χ1n) is 9.64. The summed E-state index contributed by atoms with van der Waals surface area (Å²) in [7, 11) is 0. The number of nitrogens with two attached hydrogens (primary N) is 1. The van der Waals surface area contributed by atoms with Crippen LogP contribution in [-0.2, 0) is 0 Å². The SMILES string of the molecule is C[C@@H](Oc1cncnc1-c1cnn(-c2ccccc2F)c1)C1CCC(N)CC1. The summed E-state index contributed by atoms with van der Waals surface area (Å²) < 4.78 is 21.8. The van der Waals surface area contributed by atoms with Crippen LogP contribution in [0.3, 0.4) is 0 Å². The van der Waals surface area contributed by atoms with E-state index in [2.05, 4.69) is 22.0 Å². The van der Waals surface area contributed by atoms with Crippen molar-refractivity contribution in [1.82, 2.24) is 19.7 Å². The van der Waals surface area contributed by atoms with Gasteiger partial charge >= 0.3 is 0 Å². The molecule has 0 radical (unpaired) electrons. The number of nitrogens with zero attached hydrogens (tertiary/aromatic N) is 4. The van der Waals surface area contributed by atoms with Gasteiger partial charge in [0.05, 0.1) is 18.5 Å². The summed E-state index contributed by atoms with van der Waals surface area (Å²) in [6, 6.07) is 6.83. The third kappa shape index (κ3) is 3.89. The van der Waals surface area contributed by atoms with Crippen LogP contribution in [0.2, 0.25) is 0 Å². The summed E-state index contributed by atoms with van der Waals surface area (Å²) >= 11 is 0. The maximum atomic E-state index is 14.1. The predicted molar refractivity (Wildman–Crippen MR) is 105 cm³/mol. The molecule has 0 spiro atoms. The zero-order valence-electron chi connectivity index (χ0n) is 15.8. The van der Waals surface area contributed by atoms with E-state index in [1.54, 1.807) is 36.8 Å².